The molecular formula is C17H27BN2O2. The summed E-state index contributed by atoms with van der Waals surface area (Å²) in [5.74, 6) is 0. The van der Waals surface area contributed by atoms with Crippen LogP contribution in [0.25, 0.3) is 0 Å². The fourth-order valence-corrected chi connectivity index (χ4v) is 2.81. The molecule has 2 heterocycles. The summed E-state index contributed by atoms with van der Waals surface area (Å²) in [5, 5.41) is 0. The maximum absolute atomic E-state index is 6.10. The van der Waals surface area contributed by atoms with Crippen molar-refractivity contribution in [2.75, 3.05) is 32.1 Å². The lowest BCUT2D eigenvalue weighted by atomic mass is 9.79. The number of likely N-dealkylation sites (N-methyl/N-ethyl adjacent to an activating group) is 1. The molecule has 0 aliphatic carbocycles. The van der Waals surface area contributed by atoms with E-state index in [0.29, 0.717) is 6.04 Å². The standard InChI is InChI=1S/C17H27BN2O2/c1-16(2)17(3,4)22-18(21-16)13-7-9-14(10-8-13)20-11-15(12-20)19(5)6/h7-10,15H,11-12H2,1-6H3. The molecule has 0 radical (unpaired) electrons. The third kappa shape index (κ3) is 2.66. The highest BCUT2D eigenvalue weighted by molar-refractivity contribution is 6.62. The molecule has 0 N–H and O–H groups in total. The molecule has 4 nitrogen and oxygen atoms in total. The highest BCUT2D eigenvalue weighted by atomic mass is 16.7. The Hall–Kier alpha value is -1.04. The maximum atomic E-state index is 6.10. The van der Waals surface area contributed by atoms with Crippen molar-refractivity contribution in [1.29, 1.82) is 0 Å². The third-order valence-corrected chi connectivity index (χ3v) is 5.38. The lowest BCUT2D eigenvalue weighted by Gasteiger charge is -2.44. The van der Waals surface area contributed by atoms with Crippen LogP contribution < -0.4 is 10.4 Å². The van der Waals surface area contributed by atoms with Gasteiger partial charge in [0.1, 0.15) is 0 Å². The molecule has 2 saturated heterocycles. The van der Waals surface area contributed by atoms with E-state index in [4.69, 9.17) is 9.31 Å². The number of hydrogen-bond donors (Lipinski definition) is 0. The Morgan fingerprint density at radius 3 is 1.95 bits per heavy atom. The van der Waals surface area contributed by atoms with E-state index in [9.17, 15) is 0 Å². The van der Waals surface area contributed by atoms with Crippen molar-refractivity contribution in [2.24, 2.45) is 0 Å². The van der Waals surface area contributed by atoms with Crippen LogP contribution in [0.15, 0.2) is 24.3 Å². The van der Waals surface area contributed by atoms with E-state index in [1.807, 2.05) is 0 Å². The second-order valence-electron chi connectivity index (χ2n) is 7.70. The molecule has 2 fully saturated rings. The molecule has 1 aromatic rings. The van der Waals surface area contributed by atoms with Crippen molar-refractivity contribution < 1.29 is 9.31 Å². The Morgan fingerprint density at radius 1 is 1.00 bits per heavy atom. The molecule has 0 saturated carbocycles. The fraction of sp³-hybridized carbons (Fsp3) is 0.647. The Balaban J connectivity index is 1.66. The first-order chi connectivity index (χ1) is 10.2. The van der Waals surface area contributed by atoms with Gasteiger partial charge in [0.25, 0.3) is 0 Å². The van der Waals surface area contributed by atoms with Gasteiger partial charge in [0.05, 0.1) is 11.2 Å². The normalized spacial score (nSPS) is 24.0. The van der Waals surface area contributed by atoms with Gasteiger partial charge in [-0.3, -0.25) is 0 Å². The molecule has 0 unspecified atom stereocenters. The molecule has 0 bridgehead atoms. The average molecular weight is 302 g/mol. The summed E-state index contributed by atoms with van der Waals surface area (Å²) in [6.07, 6.45) is 0. The number of hydrogen-bond acceptors (Lipinski definition) is 4. The Labute approximate surface area is 134 Å². The zero-order chi connectivity index (χ0) is 16.1. The van der Waals surface area contributed by atoms with E-state index in [2.05, 4.69) is 75.9 Å². The van der Waals surface area contributed by atoms with Gasteiger partial charge in [-0.25, -0.2) is 0 Å². The minimum Gasteiger partial charge on any atom is -0.399 e. The lowest BCUT2D eigenvalue weighted by molar-refractivity contribution is 0.00578. The summed E-state index contributed by atoms with van der Waals surface area (Å²) in [5.41, 5.74) is 1.80. The van der Waals surface area contributed by atoms with Crippen LogP contribution in [0.3, 0.4) is 0 Å². The Morgan fingerprint density at radius 2 is 1.50 bits per heavy atom. The quantitative estimate of drug-likeness (QED) is 0.794. The van der Waals surface area contributed by atoms with Gasteiger partial charge in [0.2, 0.25) is 0 Å². The van der Waals surface area contributed by atoms with E-state index in [1.54, 1.807) is 0 Å². The van der Waals surface area contributed by atoms with Gasteiger partial charge in [-0.2, -0.15) is 0 Å². The molecule has 2 aliphatic heterocycles. The number of anilines is 1. The fourth-order valence-electron chi connectivity index (χ4n) is 2.81. The van der Waals surface area contributed by atoms with Crippen molar-refractivity contribution in [3.63, 3.8) is 0 Å². The van der Waals surface area contributed by atoms with Crippen LogP contribution in [0.4, 0.5) is 5.69 Å². The van der Waals surface area contributed by atoms with Crippen LogP contribution in [0, 0.1) is 0 Å². The summed E-state index contributed by atoms with van der Waals surface area (Å²) in [6, 6.07) is 9.27. The van der Waals surface area contributed by atoms with E-state index in [1.165, 1.54) is 5.69 Å². The summed E-state index contributed by atoms with van der Waals surface area (Å²) in [6.45, 7) is 10.5. The molecule has 3 rings (SSSR count). The highest BCUT2D eigenvalue weighted by Crippen LogP contribution is 2.36. The molecule has 0 spiro atoms. The van der Waals surface area contributed by atoms with E-state index < -0.39 is 0 Å². The zero-order valence-electron chi connectivity index (χ0n) is 14.6. The van der Waals surface area contributed by atoms with Crippen molar-refractivity contribution >= 4 is 18.3 Å². The van der Waals surface area contributed by atoms with Crippen LogP contribution in [0.1, 0.15) is 27.7 Å². The van der Waals surface area contributed by atoms with Gasteiger partial charge in [0, 0.05) is 24.8 Å². The van der Waals surface area contributed by atoms with Gasteiger partial charge >= 0.3 is 7.12 Å². The van der Waals surface area contributed by atoms with Gasteiger partial charge in [0.15, 0.2) is 0 Å². The summed E-state index contributed by atoms with van der Waals surface area (Å²) >= 11 is 0. The molecule has 1 aromatic carbocycles. The van der Waals surface area contributed by atoms with E-state index in [-0.39, 0.29) is 18.3 Å². The van der Waals surface area contributed by atoms with Crippen LogP contribution in [0.2, 0.25) is 0 Å². The Kier molecular flexibility index (Phi) is 3.79. The molecule has 120 valence electrons. The van der Waals surface area contributed by atoms with Crippen molar-refractivity contribution in [3.05, 3.63) is 24.3 Å². The largest absolute Gasteiger partial charge is 0.494 e. The third-order valence-electron chi connectivity index (χ3n) is 5.38. The molecule has 2 aliphatic rings. The second-order valence-corrected chi connectivity index (χ2v) is 7.70. The Bertz CT molecular complexity index is 520. The first kappa shape index (κ1) is 15.8. The molecule has 22 heavy (non-hydrogen) atoms. The van der Waals surface area contributed by atoms with Gasteiger partial charge in [-0.1, -0.05) is 12.1 Å². The van der Waals surface area contributed by atoms with Crippen molar-refractivity contribution in [2.45, 2.75) is 44.9 Å². The number of rotatable bonds is 3. The molecule has 5 heteroatoms. The van der Waals surface area contributed by atoms with Gasteiger partial charge in [-0.15, -0.1) is 0 Å². The topological polar surface area (TPSA) is 24.9 Å². The first-order valence-corrected chi connectivity index (χ1v) is 8.06. The lowest BCUT2D eigenvalue weighted by Crippen LogP contribution is -2.57. The van der Waals surface area contributed by atoms with Gasteiger partial charge < -0.3 is 19.1 Å². The first-order valence-electron chi connectivity index (χ1n) is 8.06. The maximum Gasteiger partial charge on any atom is 0.494 e. The van der Waals surface area contributed by atoms with Crippen LogP contribution >= 0.6 is 0 Å². The SMILES string of the molecule is CN(C)C1CN(c2ccc(B3OC(C)(C)C(C)(C)O3)cc2)C1. The molecule has 0 aromatic heterocycles. The number of benzene rings is 1. The average Bonchev–Trinajstić information content (AvgIpc) is 2.57. The minimum atomic E-state index is -0.285. The van der Waals surface area contributed by atoms with Crippen LogP contribution in [-0.4, -0.2) is 56.4 Å². The van der Waals surface area contributed by atoms with Crippen molar-refractivity contribution in [3.8, 4) is 0 Å². The van der Waals surface area contributed by atoms with Crippen LogP contribution in [0.5, 0.6) is 0 Å². The smallest absolute Gasteiger partial charge is 0.399 e. The summed E-state index contributed by atoms with van der Waals surface area (Å²) in [4.78, 5) is 4.69. The highest BCUT2D eigenvalue weighted by Gasteiger charge is 2.51. The van der Waals surface area contributed by atoms with Crippen molar-refractivity contribution in [1.82, 2.24) is 4.90 Å². The molecule has 0 amide bonds. The van der Waals surface area contributed by atoms with Crippen LogP contribution in [-0.2, 0) is 9.31 Å². The second kappa shape index (κ2) is 5.26. The monoisotopic (exact) mass is 302 g/mol. The molecule has 0 atom stereocenters. The van der Waals surface area contributed by atoms with E-state index >= 15 is 0 Å². The predicted octanol–water partition coefficient (Wildman–Crippen LogP) is 1.74. The predicted molar refractivity (Wildman–Crippen MR) is 91.8 cm³/mol. The summed E-state index contributed by atoms with van der Waals surface area (Å²) < 4.78 is 12.2. The summed E-state index contributed by atoms with van der Waals surface area (Å²) in [7, 11) is 4.01. The minimum absolute atomic E-state index is 0.273. The molecular weight excluding hydrogens is 275 g/mol. The number of nitrogens with zero attached hydrogens (tertiary/aromatic N) is 2. The van der Waals surface area contributed by atoms with E-state index in [0.717, 1.165) is 18.6 Å². The zero-order valence-corrected chi connectivity index (χ0v) is 14.6. The van der Waals surface area contributed by atoms with Gasteiger partial charge in [-0.05, 0) is 59.4 Å².